The first-order valence-corrected chi connectivity index (χ1v) is 10.7. The summed E-state index contributed by atoms with van der Waals surface area (Å²) in [6.45, 7) is 3.52. The number of nitrogens with zero attached hydrogens (tertiary/aromatic N) is 5. The molecular formula is C18H20N6O3S2. The standard InChI is InChI=1S/C18H20N6O3S2/c1-11-5-6-13(28-11)15(26-2)16(25)20-17-22-23-18(29-17)27-12-7-9-24(10-12)14-4-3-8-19-21-14/h3-6,8,12,15H,7,9-10H2,1-2H3,(H,20,22,25)/t12-,15+/m1/s1. The van der Waals surface area contributed by atoms with Gasteiger partial charge in [-0.3, -0.25) is 10.1 Å². The number of carbonyl (C=O) groups excluding carboxylic acids is 1. The van der Waals surface area contributed by atoms with Crippen LogP contribution in [-0.4, -0.2) is 52.6 Å². The quantitative estimate of drug-likeness (QED) is 0.608. The maximum Gasteiger partial charge on any atom is 0.296 e. The zero-order chi connectivity index (χ0) is 20.2. The van der Waals surface area contributed by atoms with Crippen molar-refractivity contribution in [1.82, 2.24) is 20.4 Å². The lowest BCUT2D eigenvalue weighted by Gasteiger charge is -2.16. The summed E-state index contributed by atoms with van der Waals surface area (Å²) < 4.78 is 11.3. The van der Waals surface area contributed by atoms with Crippen LogP contribution in [0.25, 0.3) is 0 Å². The van der Waals surface area contributed by atoms with Crippen LogP contribution < -0.4 is 15.0 Å². The molecule has 11 heteroatoms. The van der Waals surface area contributed by atoms with Crippen molar-refractivity contribution in [2.24, 2.45) is 0 Å². The first kappa shape index (κ1) is 19.7. The predicted octanol–water partition coefficient (Wildman–Crippen LogP) is 2.68. The molecule has 0 aliphatic carbocycles. The van der Waals surface area contributed by atoms with Gasteiger partial charge < -0.3 is 14.4 Å². The van der Waals surface area contributed by atoms with Crippen LogP contribution in [-0.2, 0) is 9.53 Å². The van der Waals surface area contributed by atoms with E-state index < -0.39 is 6.10 Å². The second-order valence-electron chi connectivity index (χ2n) is 6.48. The minimum Gasteiger partial charge on any atom is -0.464 e. The maximum absolute atomic E-state index is 12.6. The summed E-state index contributed by atoms with van der Waals surface area (Å²) in [6.07, 6.45) is 1.80. The highest BCUT2D eigenvalue weighted by Gasteiger charge is 2.27. The minimum atomic E-state index is -0.683. The Kier molecular flexibility index (Phi) is 5.97. The Balaban J connectivity index is 1.33. The number of methoxy groups -OCH3 is 1. The SMILES string of the molecule is CO[C@H](C(=O)Nc1nnc(O[C@@H]2CCN(c3cccnn3)C2)s1)c1ccc(C)s1. The molecule has 3 aromatic rings. The molecule has 152 valence electrons. The van der Waals surface area contributed by atoms with Crippen LogP contribution in [0.15, 0.2) is 30.5 Å². The number of aryl methyl sites for hydroxylation is 1. The van der Waals surface area contributed by atoms with E-state index in [0.29, 0.717) is 16.9 Å². The van der Waals surface area contributed by atoms with Crippen LogP contribution in [0.2, 0.25) is 0 Å². The molecule has 3 aromatic heterocycles. The second kappa shape index (κ2) is 8.80. The molecule has 0 bridgehead atoms. The summed E-state index contributed by atoms with van der Waals surface area (Å²) in [4.78, 5) is 16.6. The van der Waals surface area contributed by atoms with Gasteiger partial charge in [-0.15, -0.1) is 21.5 Å². The van der Waals surface area contributed by atoms with E-state index in [-0.39, 0.29) is 12.0 Å². The molecule has 0 saturated carbocycles. The van der Waals surface area contributed by atoms with Gasteiger partial charge >= 0.3 is 0 Å². The van der Waals surface area contributed by atoms with E-state index in [9.17, 15) is 4.79 Å². The number of amides is 1. The van der Waals surface area contributed by atoms with Gasteiger partial charge in [-0.05, 0) is 42.5 Å². The molecule has 0 aromatic carbocycles. The third kappa shape index (κ3) is 4.69. The molecule has 9 nitrogen and oxygen atoms in total. The lowest BCUT2D eigenvalue weighted by atomic mass is 10.2. The topological polar surface area (TPSA) is 102 Å². The predicted molar refractivity (Wildman–Crippen MR) is 111 cm³/mol. The highest BCUT2D eigenvalue weighted by Crippen LogP contribution is 2.29. The van der Waals surface area contributed by atoms with E-state index in [1.165, 1.54) is 29.8 Å². The van der Waals surface area contributed by atoms with Gasteiger partial charge in [0, 0.05) is 36.0 Å². The highest BCUT2D eigenvalue weighted by atomic mass is 32.1. The lowest BCUT2D eigenvalue weighted by molar-refractivity contribution is -0.125. The van der Waals surface area contributed by atoms with E-state index in [1.807, 2.05) is 31.2 Å². The number of hydrogen-bond donors (Lipinski definition) is 1. The third-order valence-corrected chi connectivity index (χ3v) is 6.20. The molecule has 1 fully saturated rings. The molecular weight excluding hydrogens is 412 g/mol. The normalized spacial score (nSPS) is 17.3. The van der Waals surface area contributed by atoms with Crippen LogP contribution in [0.3, 0.4) is 0 Å². The fraction of sp³-hybridized carbons (Fsp3) is 0.389. The van der Waals surface area contributed by atoms with Gasteiger partial charge in [0.2, 0.25) is 5.13 Å². The Morgan fingerprint density at radius 3 is 2.90 bits per heavy atom. The molecule has 0 radical (unpaired) electrons. The van der Waals surface area contributed by atoms with Gasteiger partial charge in [0.1, 0.15) is 6.10 Å². The van der Waals surface area contributed by atoms with Crippen LogP contribution in [0.5, 0.6) is 5.19 Å². The number of anilines is 2. The second-order valence-corrected chi connectivity index (χ2v) is 8.74. The average Bonchev–Trinajstić information content (AvgIpc) is 3.46. The molecule has 0 unspecified atom stereocenters. The van der Waals surface area contributed by atoms with Crippen molar-refractivity contribution in [2.75, 3.05) is 30.4 Å². The molecule has 1 N–H and O–H groups in total. The zero-order valence-corrected chi connectivity index (χ0v) is 17.6. The summed E-state index contributed by atoms with van der Waals surface area (Å²) in [5, 5.41) is 19.7. The van der Waals surface area contributed by atoms with Crippen molar-refractivity contribution in [3.63, 3.8) is 0 Å². The number of ether oxygens (including phenoxy) is 2. The summed E-state index contributed by atoms with van der Waals surface area (Å²) in [5.41, 5.74) is 0. The average molecular weight is 433 g/mol. The number of rotatable bonds is 7. The van der Waals surface area contributed by atoms with E-state index in [1.54, 1.807) is 6.20 Å². The van der Waals surface area contributed by atoms with Crippen molar-refractivity contribution < 1.29 is 14.3 Å². The van der Waals surface area contributed by atoms with Crippen LogP contribution >= 0.6 is 22.7 Å². The van der Waals surface area contributed by atoms with Crippen molar-refractivity contribution >= 4 is 39.5 Å². The first-order chi connectivity index (χ1) is 14.1. The monoisotopic (exact) mass is 432 g/mol. The summed E-state index contributed by atoms with van der Waals surface area (Å²) in [5.74, 6) is 0.546. The Morgan fingerprint density at radius 1 is 1.28 bits per heavy atom. The fourth-order valence-electron chi connectivity index (χ4n) is 3.06. The van der Waals surface area contributed by atoms with Crippen molar-refractivity contribution in [3.8, 4) is 5.19 Å². The van der Waals surface area contributed by atoms with Gasteiger partial charge in [0.05, 0.1) is 6.54 Å². The number of nitrogens with one attached hydrogen (secondary N) is 1. The van der Waals surface area contributed by atoms with Crippen LogP contribution in [0.1, 0.15) is 22.3 Å². The first-order valence-electron chi connectivity index (χ1n) is 9.05. The van der Waals surface area contributed by atoms with Crippen molar-refractivity contribution in [1.29, 1.82) is 0 Å². The molecule has 1 amide bonds. The number of hydrogen-bond acceptors (Lipinski definition) is 10. The summed E-state index contributed by atoms with van der Waals surface area (Å²) >= 11 is 2.73. The number of thiophene rings is 1. The van der Waals surface area contributed by atoms with Crippen LogP contribution in [0, 0.1) is 6.92 Å². The van der Waals surface area contributed by atoms with Gasteiger partial charge in [0.15, 0.2) is 11.9 Å². The molecule has 0 spiro atoms. The highest BCUT2D eigenvalue weighted by molar-refractivity contribution is 7.17. The van der Waals surface area contributed by atoms with E-state index in [0.717, 1.165) is 28.5 Å². The Labute approximate surface area is 175 Å². The minimum absolute atomic E-state index is 0.0191. The molecule has 4 rings (SSSR count). The summed E-state index contributed by atoms with van der Waals surface area (Å²) in [7, 11) is 1.51. The maximum atomic E-state index is 12.6. The van der Waals surface area contributed by atoms with E-state index >= 15 is 0 Å². The Bertz CT molecular complexity index is 963. The van der Waals surface area contributed by atoms with Gasteiger partial charge in [-0.2, -0.15) is 5.10 Å². The largest absolute Gasteiger partial charge is 0.464 e. The van der Waals surface area contributed by atoms with Crippen LogP contribution in [0.4, 0.5) is 10.9 Å². The number of carbonyl (C=O) groups is 1. The molecule has 1 saturated heterocycles. The lowest BCUT2D eigenvalue weighted by Crippen LogP contribution is -2.25. The molecule has 4 heterocycles. The molecule has 1 aliphatic heterocycles. The van der Waals surface area contributed by atoms with Gasteiger partial charge in [0.25, 0.3) is 11.1 Å². The van der Waals surface area contributed by atoms with Crippen molar-refractivity contribution in [2.45, 2.75) is 25.6 Å². The fourth-order valence-corrected chi connectivity index (χ4v) is 4.68. The Morgan fingerprint density at radius 2 is 2.17 bits per heavy atom. The summed E-state index contributed by atoms with van der Waals surface area (Å²) in [6, 6.07) is 7.64. The van der Waals surface area contributed by atoms with E-state index in [2.05, 4.69) is 30.6 Å². The van der Waals surface area contributed by atoms with E-state index in [4.69, 9.17) is 9.47 Å². The molecule has 1 aliphatic rings. The Hall–Kier alpha value is -2.63. The molecule has 29 heavy (non-hydrogen) atoms. The number of aromatic nitrogens is 4. The third-order valence-electron chi connectivity index (χ3n) is 4.42. The van der Waals surface area contributed by atoms with Gasteiger partial charge in [-0.25, -0.2) is 0 Å². The smallest absolute Gasteiger partial charge is 0.296 e. The van der Waals surface area contributed by atoms with Crippen molar-refractivity contribution in [3.05, 3.63) is 40.2 Å². The zero-order valence-electron chi connectivity index (χ0n) is 15.9. The van der Waals surface area contributed by atoms with Gasteiger partial charge in [-0.1, -0.05) is 5.10 Å². The molecule has 2 atom stereocenters.